The van der Waals surface area contributed by atoms with Crippen LogP contribution in [0.5, 0.6) is 0 Å². The Morgan fingerprint density at radius 2 is 1.85 bits per heavy atom. The van der Waals surface area contributed by atoms with Crippen molar-refractivity contribution in [3.63, 3.8) is 0 Å². The number of rotatable bonds is 7. The molecule has 2 fully saturated rings. The molecule has 2 unspecified atom stereocenters. The summed E-state index contributed by atoms with van der Waals surface area (Å²) in [5.74, 6) is 0.334. The van der Waals surface area contributed by atoms with Crippen LogP contribution in [0.1, 0.15) is 51.9 Å². The fourth-order valence-electron chi connectivity index (χ4n) is 3.87. The molecule has 2 aliphatic heterocycles. The first kappa shape index (κ1) is 16.2. The fraction of sp³-hybridized carbons (Fsp3) is 1.00. The predicted octanol–water partition coefficient (Wildman–Crippen LogP) is 1.81. The second-order valence-corrected chi connectivity index (χ2v) is 8.84. The highest BCUT2D eigenvalue weighted by molar-refractivity contribution is 7.90. The van der Waals surface area contributed by atoms with E-state index in [9.17, 15) is 8.42 Å². The molecule has 2 saturated heterocycles. The highest BCUT2D eigenvalue weighted by atomic mass is 32.2. The number of nitrogens with one attached hydrogen (secondary N) is 1. The maximum absolute atomic E-state index is 11.3. The van der Waals surface area contributed by atoms with Crippen LogP contribution < -0.4 is 5.32 Å². The van der Waals surface area contributed by atoms with Crippen LogP contribution in [0.25, 0.3) is 0 Å². The number of hydrogen-bond acceptors (Lipinski definition) is 4. The van der Waals surface area contributed by atoms with Gasteiger partial charge in [-0.25, -0.2) is 8.42 Å². The normalized spacial score (nSPS) is 31.4. The second-order valence-electron chi connectivity index (χ2n) is 6.58. The zero-order valence-corrected chi connectivity index (χ0v) is 13.8. The van der Waals surface area contributed by atoms with Crippen molar-refractivity contribution in [1.29, 1.82) is 0 Å². The van der Waals surface area contributed by atoms with Gasteiger partial charge >= 0.3 is 0 Å². The lowest BCUT2D eigenvalue weighted by Gasteiger charge is -2.49. The molecule has 2 rings (SSSR count). The summed E-state index contributed by atoms with van der Waals surface area (Å²) in [6.45, 7) is 4.30. The van der Waals surface area contributed by atoms with Gasteiger partial charge < -0.3 is 5.32 Å². The first-order valence-electron chi connectivity index (χ1n) is 8.16. The molecule has 118 valence electrons. The minimum absolute atomic E-state index is 0.334. The van der Waals surface area contributed by atoms with E-state index in [1.54, 1.807) is 0 Å². The first-order valence-corrected chi connectivity index (χ1v) is 10.2. The maximum Gasteiger partial charge on any atom is 0.147 e. The standard InChI is InChI=1S/C15H30N2O2S/c1-3-8-16-13-11-14-6-4-7-15(12-13)17(14)9-5-10-20(2,18)19/h13-16H,3-12H2,1-2H3. The third-order valence-electron chi connectivity index (χ3n) is 4.74. The Morgan fingerprint density at radius 3 is 2.40 bits per heavy atom. The average Bonchev–Trinajstić information content (AvgIpc) is 2.35. The molecule has 1 N–H and O–H groups in total. The third-order valence-corrected chi connectivity index (χ3v) is 5.77. The number of piperidine rings is 2. The highest BCUT2D eigenvalue weighted by Gasteiger charge is 2.37. The van der Waals surface area contributed by atoms with Crippen LogP contribution in [0.2, 0.25) is 0 Å². The Hall–Kier alpha value is -0.130. The lowest BCUT2D eigenvalue weighted by molar-refractivity contribution is 0.0250. The van der Waals surface area contributed by atoms with Crippen LogP contribution in [0.3, 0.4) is 0 Å². The molecule has 0 aromatic carbocycles. The summed E-state index contributed by atoms with van der Waals surface area (Å²) in [5.41, 5.74) is 0. The number of hydrogen-bond donors (Lipinski definition) is 1. The van der Waals surface area contributed by atoms with E-state index >= 15 is 0 Å². The second kappa shape index (κ2) is 7.23. The van der Waals surface area contributed by atoms with Gasteiger partial charge in [-0.3, -0.25) is 4.90 Å². The van der Waals surface area contributed by atoms with E-state index in [4.69, 9.17) is 0 Å². The van der Waals surface area contributed by atoms with Crippen molar-refractivity contribution in [2.75, 3.05) is 25.1 Å². The van der Waals surface area contributed by atoms with Crippen LogP contribution in [0.15, 0.2) is 0 Å². The van der Waals surface area contributed by atoms with Gasteiger partial charge in [0, 0.05) is 24.4 Å². The maximum atomic E-state index is 11.3. The van der Waals surface area contributed by atoms with Gasteiger partial charge in [0.1, 0.15) is 9.84 Å². The lowest BCUT2D eigenvalue weighted by Crippen LogP contribution is -2.56. The van der Waals surface area contributed by atoms with Crippen LogP contribution in [0, 0.1) is 0 Å². The summed E-state index contributed by atoms with van der Waals surface area (Å²) >= 11 is 0. The molecule has 0 amide bonds. The van der Waals surface area contributed by atoms with Crippen molar-refractivity contribution in [2.24, 2.45) is 0 Å². The summed E-state index contributed by atoms with van der Waals surface area (Å²) in [5, 5.41) is 3.68. The van der Waals surface area contributed by atoms with Gasteiger partial charge in [-0.15, -0.1) is 0 Å². The van der Waals surface area contributed by atoms with Crippen molar-refractivity contribution in [2.45, 2.75) is 70.0 Å². The molecule has 0 saturated carbocycles. The largest absolute Gasteiger partial charge is 0.314 e. The van der Waals surface area contributed by atoms with E-state index in [1.165, 1.54) is 44.8 Å². The summed E-state index contributed by atoms with van der Waals surface area (Å²) in [4.78, 5) is 2.61. The molecule has 0 radical (unpaired) electrons. The summed E-state index contributed by atoms with van der Waals surface area (Å²) < 4.78 is 22.5. The van der Waals surface area contributed by atoms with Crippen molar-refractivity contribution in [1.82, 2.24) is 10.2 Å². The van der Waals surface area contributed by atoms with Crippen molar-refractivity contribution >= 4 is 9.84 Å². The van der Waals surface area contributed by atoms with Crippen molar-refractivity contribution in [3.8, 4) is 0 Å². The number of fused-ring (bicyclic) bond motifs is 2. The zero-order chi connectivity index (χ0) is 14.6. The molecule has 2 bridgehead atoms. The number of nitrogens with zero attached hydrogens (tertiary/aromatic N) is 1. The van der Waals surface area contributed by atoms with Crippen LogP contribution in [-0.2, 0) is 9.84 Å². The summed E-state index contributed by atoms with van der Waals surface area (Å²) in [7, 11) is -2.81. The number of sulfone groups is 1. The predicted molar refractivity (Wildman–Crippen MR) is 83.8 cm³/mol. The molecular weight excluding hydrogens is 272 g/mol. The van der Waals surface area contributed by atoms with E-state index in [1.807, 2.05) is 0 Å². The topological polar surface area (TPSA) is 49.4 Å². The van der Waals surface area contributed by atoms with Gasteiger partial charge in [0.2, 0.25) is 0 Å². The molecule has 2 aliphatic rings. The first-order chi connectivity index (χ1) is 9.49. The van der Waals surface area contributed by atoms with E-state index in [-0.39, 0.29) is 0 Å². The molecule has 2 heterocycles. The van der Waals surface area contributed by atoms with Crippen molar-refractivity contribution in [3.05, 3.63) is 0 Å². The van der Waals surface area contributed by atoms with Crippen molar-refractivity contribution < 1.29 is 8.42 Å². The third kappa shape index (κ3) is 4.71. The fourth-order valence-corrected chi connectivity index (χ4v) is 4.52. The molecule has 4 nitrogen and oxygen atoms in total. The average molecular weight is 302 g/mol. The lowest BCUT2D eigenvalue weighted by atomic mass is 9.81. The van der Waals surface area contributed by atoms with Gasteiger partial charge in [-0.05, 0) is 51.6 Å². The van der Waals surface area contributed by atoms with Gasteiger partial charge in [0.25, 0.3) is 0 Å². The van der Waals surface area contributed by atoms with E-state index in [0.717, 1.165) is 19.5 Å². The molecular formula is C15H30N2O2S. The van der Waals surface area contributed by atoms with Crippen LogP contribution in [0.4, 0.5) is 0 Å². The Morgan fingerprint density at radius 1 is 1.20 bits per heavy atom. The van der Waals surface area contributed by atoms with Gasteiger partial charge in [0.15, 0.2) is 0 Å². The quantitative estimate of drug-likeness (QED) is 0.779. The summed E-state index contributed by atoms with van der Waals surface area (Å²) in [6.07, 6.45) is 9.75. The van der Waals surface area contributed by atoms with Crippen LogP contribution in [-0.4, -0.2) is 56.5 Å². The van der Waals surface area contributed by atoms with E-state index < -0.39 is 9.84 Å². The van der Waals surface area contributed by atoms with Crippen LogP contribution >= 0.6 is 0 Å². The minimum atomic E-state index is -2.81. The smallest absolute Gasteiger partial charge is 0.147 e. The molecule has 5 heteroatoms. The minimum Gasteiger partial charge on any atom is -0.314 e. The Bertz CT molecular complexity index is 383. The Labute approximate surface area is 124 Å². The molecule has 0 spiro atoms. The van der Waals surface area contributed by atoms with Gasteiger partial charge in [-0.1, -0.05) is 13.3 Å². The summed E-state index contributed by atoms with van der Waals surface area (Å²) in [6, 6.07) is 2.03. The molecule has 0 aromatic rings. The monoisotopic (exact) mass is 302 g/mol. The highest BCUT2D eigenvalue weighted by Crippen LogP contribution is 2.34. The zero-order valence-electron chi connectivity index (χ0n) is 13.0. The van der Waals surface area contributed by atoms with Gasteiger partial charge in [0.05, 0.1) is 5.75 Å². The molecule has 2 atom stereocenters. The van der Waals surface area contributed by atoms with Gasteiger partial charge in [-0.2, -0.15) is 0 Å². The SMILES string of the molecule is CCCNC1CC2CCCC(C1)N2CCCS(C)(=O)=O. The van der Waals surface area contributed by atoms with E-state index in [2.05, 4.69) is 17.1 Å². The van der Waals surface area contributed by atoms with E-state index in [0.29, 0.717) is 23.9 Å². The molecule has 0 aromatic heterocycles. The molecule has 0 aliphatic carbocycles. The Kier molecular flexibility index (Phi) is 5.87. The Balaban J connectivity index is 1.85. The molecule has 20 heavy (non-hydrogen) atoms.